The number of aryl methyl sites for hydroxylation is 1. The van der Waals surface area contributed by atoms with Crippen LogP contribution in [0.15, 0.2) is 12.4 Å². The molecule has 0 aliphatic rings. The van der Waals surface area contributed by atoms with Gasteiger partial charge in [-0.25, -0.2) is 9.78 Å². The minimum atomic E-state index is -1.00. The highest BCUT2D eigenvalue weighted by Crippen LogP contribution is 1.98. The highest BCUT2D eigenvalue weighted by molar-refractivity contribution is 5.64. The molecule has 13 heavy (non-hydrogen) atoms. The molecule has 4 N–H and O–H groups in total. The van der Waals surface area contributed by atoms with Crippen LogP contribution < -0.4 is 11.1 Å². The van der Waals surface area contributed by atoms with Gasteiger partial charge in [0.2, 0.25) is 0 Å². The fourth-order valence-corrected chi connectivity index (χ4v) is 0.975. The van der Waals surface area contributed by atoms with Crippen LogP contribution in [0.2, 0.25) is 0 Å². The zero-order valence-corrected chi connectivity index (χ0v) is 7.10. The first-order chi connectivity index (χ1) is 6.20. The largest absolute Gasteiger partial charge is 0.465 e. The maximum atomic E-state index is 10.1. The van der Waals surface area contributed by atoms with E-state index in [1.165, 1.54) is 0 Å². The summed E-state index contributed by atoms with van der Waals surface area (Å²) in [6.07, 6.45) is 3.07. The molecule has 1 aromatic rings. The lowest BCUT2D eigenvalue weighted by Crippen LogP contribution is -2.22. The summed E-state index contributed by atoms with van der Waals surface area (Å²) in [5, 5.41) is 10.5. The summed E-state index contributed by atoms with van der Waals surface area (Å²) in [5.74, 6) is 0.454. The molecule has 0 fully saturated rings. The third-order valence-corrected chi connectivity index (χ3v) is 1.60. The van der Waals surface area contributed by atoms with Crippen molar-refractivity contribution in [2.75, 3.05) is 12.3 Å². The van der Waals surface area contributed by atoms with Gasteiger partial charge in [0, 0.05) is 25.5 Å². The number of hydrogen-bond donors (Lipinski definition) is 3. The van der Waals surface area contributed by atoms with E-state index in [-0.39, 0.29) is 0 Å². The van der Waals surface area contributed by atoms with E-state index in [9.17, 15) is 4.79 Å². The lowest BCUT2D eigenvalue weighted by molar-refractivity contribution is 0.194. The Balaban J connectivity index is 2.20. The minimum Gasteiger partial charge on any atom is -0.465 e. The second kappa shape index (κ2) is 4.34. The molecule has 0 bridgehead atoms. The van der Waals surface area contributed by atoms with Crippen molar-refractivity contribution in [3.05, 3.63) is 12.4 Å². The number of nitrogens with two attached hydrogens (primary N) is 1. The molecule has 0 aliphatic carbocycles. The van der Waals surface area contributed by atoms with Crippen LogP contribution in [0.5, 0.6) is 0 Å². The number of nitrogen functional groups attached to an aromatic ring is 1. The number of rotatable bonds is 4. The molecule has 0 radical (unpaired) electrons. The second-order valence-electron chi connectivity index (χ2n) is 2.56. The number of anilines is 1. The van der Waals surface area contributed by atoms with Gasteiger partial charge in [-0.3, -0.25) is 0 Å². The molecular formula is C7H12N4O2. The van der Waals surface area contributed by atoms with Gasteiger partial charge in [-0.2, -0.15) is 0 Å². The number of hydrogen-bond acceptors (Lipinski definition) is 3. The number of nitrogens with zero attached hydrogens (tertiary/aromatic N) is 2. The zero-order chi connectivity index (χ0) is 9.68. The zero-order valence-electron chi connectivity index (χ0n) is 7.10. The van der Waals surface area contributed by atoms with E-state index < -0.39 is 6.09 Å². The number of carboxylic acid groups (broad SMARTS) is 1. The predicted molar refractivity (Wildman–Crippen MR) is 47.3 cm³/mol. The average Bonchev–Trinajstić information content (AvgIpc) is 2.45. The summed E-state index contributed by atoms with van der Waals surface area (Å²) in [6.45, 7) is 1.10. The summed E-state index contributed by atoms with van der Waals surface area (Å²) in [6, 6.07) is 0. The van der Waals surface area contributed by atoms with Crippen molar-refractivity contribution in [3.63, 3.8) is 0 Å². The molecule has 1 rings (SSSR count). The molecule has 6 heteroatoms. The SMILES string of the molecule is Nc1nccn1CCCNC(=O)O. The first kappa shape index (κ1) is 9.37. The standard InChI is InChI=1S/C7H12N4O2/c8-6-9-3-5-11(6)4-1-2-10-7(12)13/h3,5,10H,1-2,4H2,(H2,8,9)(H,12,13). The fourth-order valence-electron chi connectivity index (χ4n) is 0.975. The highest BCUT2D eigenvalue weighted by Gasteiger charge is 1.97. The Labute approximate surface area is 75.4 Å². The van der Waals surface area contributed by atoms with Crippen molar-refractivity contribution in [3.8, 4) is 0 Å². The third-order valence-electron chi connectivity index (χ3n) is 1.60. The molecule has 0 atom stereocenters. The van der Waals surface area contributed by atoms with Crippen molar-refractivity contribution >= 4 is 12.0 Å². The fraction of sp³-hybridized carbons (Fsp3) is 0.429. The highest BCUT2D eigenvalue weighted by atomic mass is 16.4. The van der Waals surface area contributed by atoms with E-state index in [0.29, 0.717) is 25.5 Å². The van der Waals surface area contributed by atoms with E-state index >= 15 is 0 Å². The van der Waals surface area contributed by atoms with E-state index in [1.807, 2.05) is 0 Å². The van der Waals surface area contributed by atoms with Crippen LogP contribution in [0.1, 0.15) is 6.42 Å². The van der Waals surface area contributed by atoms with E-state index in [4.69, 9.17) is 10.8 Å². The lowest BCUT2D eigenvalue weighted by Gasteiger charge is -2.03. The second-order valence-corrected chi connectivity index (χ2v) is 2.56. The van der Waals surface area contributed by atoms with Crippen LogP contribution in [0, 0.1) is 0 Å². The first-order valence-corrected chi connectivity index (χ1v) is 3.93. The van der Waals surface area contributed by atoms with Crippen molar-refractivity contribution in [1.29, 1.82) is 0 Å². The maximum absolute atomic E-state index is 10.1. The number of carbonyl (C=O) groups is 1. The van der Waals surface area contributed by atoms with Crippen molar-refractivity contribution < 1.29 is 9.90 Å². The molecule has 72 valence electrons. The number of nitrogens with one attached hydrogen (secondary N) is 1. The van der Waals surface area contributed by atoms with Gasteiger partial charge in [-0.1, -0.05) is 0 Å². The third kappa shape index (κ3) is 3.02. The number of aromatic nitrogens is 2. The Kier molecular flexibility index (Phi) is 3.13. The van der Waals surface area contributed by atoms with E-state index in [1.54, 1.807) is 17.0 Å². The Bertz CT molecular complexity index is 284. The van der Waals surface area contributed by atoms with Crippen molar-refractivity contribution in [1.82, 2.24) is 14.9 Å². The van der Waals surface area contributed by atoms with Crippen molar-refractivity contribution in [2.24, 2.45) is 0 Å². The minimum absolute atomic E-state index is 0.424. The maximum Gasteiger partial charge on any atom is 0.404 e. The Morgan fingerprint density at radius 3 is 3.08 bits per heavy atom. The molecule has 0 saturated carbocycles. The summed E-state index contributed by atoms with van der Waals surface area (Å²) in [4.78, 5) is 13.9. The Morgan fingerprint density at radius 2 is 2.54 bits per heavy atom. The summed E-state index contributed by atoms with van der Waals surface area (Å²) < 4.78 is 1.77. The first-order valence-electron chi connectivity index (χ1n) is 3.93. The van der Waals surface area contributed by atoms with Crippen molar-refractivity contribution in [2.45, 2.75) is 13.0 Å². The molecule has 0 aliphatic heterocycles. The smallest absolute Gasteiger partial charge is 0.404 e. The molecule has 0 aromatic carbocycles. The molecule has 1 amide bonds. The average molecular weight is 184 g/mol. The normalized spacial score (nSPS) is 9.85. The predicted octanol–water partition coefficient (Wildman–Crippen LogP) is 0.123. The lowest BCUT2D eigenvalue weighted by atomic mass is 10.4. The Hall–Kier alpha value is -1.72. The van der Waals surface area contributed by atoms with Gasteiger partial charge in [0.1, 0.15) is 0 Å². The quantitative estimate of drug-likeness (QED) is 0.579. The molecule has 6 nitrogen and oxygen atoms in total. The van der Waals surface area contributed by atoms with Gasteiger partial charge in [-0.15, -0.1) is 0 Å². The summed E-state index contributed by atoms with van der Waals surface area (Å²) in [7, 11) is 0. The topological polar surface area (TPSA) is 93.2 Å². The Morgan fingerprint density at radius 1 is 1.77 bits per heavy atom. The van der Waals surface area contributed by atoms with Crippen LogP contribution in [0.25, 0.3) is 0 Å². The van der Waals surface area contributed by atoms with E-state index in [0.717, 1.165) is 0 Å². The summed E-state index contributed by atoms with van der Waals surface area (Å²) >= 11 is 0. The monoisotopic (exact) mass is 184 g/mol. The van der Waals surface area contributed by atoms with Gasteiger partial charge < -0.3 is 20.7 Å². The number of amides is 1. The van der Waals surface area contributed by atoms with Crippen LogP contribution in [0.4, 0.5) is 10.7 Å². The van der Waals surface area contributed by atoms with Gasteiger partial charge in [0.25, 0.3) is 0 Å². The molecule has 1 aromatic heterocycles. The molecule has 0 unspecified atom stereocenters. The van der Waals surface area contributed by atoms with Gasteiger partial charge in [0.15, 0.2) is 5.95 Å². The van der Waals surface area contributed by atoms with Crippen LogP contribution in [0.3, 0.4) is 0 Å². The number of imidazole rings is 1. The van der Waals surface area contributed by atoms with Crippen LogP contribution >= 0.6 is 0 Å². The molecule has 0 saturated heterocycles. The summed E-state index contributed by atoms with van der Waals surface area (Å²) in [5.41, 5.74) is 5.50. The van der Waals surface area contributed by atoms with Gasteiger partial charge in [-0.05, 0) is 6.42 Å². The van der Waals surface area contributed by atoms with Gasteiger partial charge in [0.05, 0.1) is 0 Å². The molecular weight excluding hydrogens is 172 g/mol. The van der Waals surface area contributed by atoms with E-state index in [2.05, 4.69) is 10.3 Å². The van der Waals surface area contributed by atoms with Crippen LogP contribution in [-0.4, -0.2) is 27.3 Å². The van der Waals surface area contributed by atoms with Gasteiger partial charge >= 0.3 is 6.09 Å². The molecule has 1 heterocycles. The van der Waals surface area contributed by atoms with Crippen LogP contribution in [-0.2, 0) is 6.54 Å². The molecule has 0 spiro atoms.